The number of aliphatic carboxylic acids is 1. The fraction of sp³-hybridized carbons (Fsp3) is 0.600. The number of rotatable bonds is 6. The van der Waals surface area contributed by atoms with Crippen LogP contribution in [0.1, 0.15) is 43.4 Å². The lowest BCUT2D eigenvalue weighted by Crippen LogP contribution is -2.44. The van der Waals surface area contributed by atoms with E-state index >= 15 is 0 Å². The molecule has 1 unspecified atom stereocenters. The third kappa shape index (κ3) is 4.34. The lowest BCUT2D eigenvalue weighted by atomic mass is 9.98. The number of carbonyl (C=O) groups excluding carboxylic acids is 1. The molecule has 5 heteroatoms. The van der Waals surface area contributed by atoms with Crippen molar-refractivity contribution < 1.29 is 14.7 Å². The molecular formula is C15H21NO3S. The first-order valence-corrected chi connectivity index (χ1v) is 8.08. The minimum atomic E-state index is -0.812. The Bertz CT molecular complexity index is 444. The largest absolute Gasteiger partial charge is 0.481 e. The number of likely N-dealkylation sites (tertiary alicyclic amines) is 1. The standard InChI is InChI=1S/C15H21NO3S/c17-14(8-3-6-13-7-4-10-20-13)16-9-2-1-5-12(16)11-15(18)19/h4,7,10,12H,1-3,5-6,8-9,11H2,(H,18,19). The van der Waals surface area contributed by atoms with Gasteiger partial charge in [0.25, 0.3) is 0 Å². The van der Waals surface area contributed by atoms with Crippen LogP contribution in [0.3, 0.4) is 0 Å². The van der Waals surface area contributed by atoms with Crippen molar-refractivity contribution in [3.05, 3.63) is 22.4 Å². The first kappa shape index (κ1) is 15.0. The molecule has 0 aromatic carbocycles. The van der Waals surface area contributed by atoms with Crippen LogP contribution in [0, 0.1) is 0 Å². The van der Waals surface area contributed by atoms with E-state index in [0.29, 0.717) is 6.42 Å². The second-order valence-electron chi connectivity index (χ2n) is 5.27. The van der Waals surface area contributed by atoms with Crippen LogP contribution in [0.25, 0.3) is 0 Å². The molecule has 20 heavy (non-hydrogen) atoms. The lowest BCUT2D eigenvalue weighted by Gasteiger charge is -2.35. The van der Waals surface area contributed by atoms with Crippen molar-refractivity contribution in [3.8, 4) is 0 Å². The Kier molecular flexibility index (Phi) is 5.59. The van der Waals surface area contributed by atoms with Crippen molar-refractivity contribution in [3.63, 3.8) is 0 Å². The Morgan fingerprint density at radius 3 is 2.95 bits per heavy atom. The molecule has 1 aliphatic rings. The summed E-state index contributed by atoms with van der Waals surface area (Å²) >= 11 is 1.72. The number of amides is 1. The third-order valence-electron chi connectivity index (χ3n) is 3.75. The first-order valence-electron chi connectivity index (χ1n) is 7.20. The smallest absolute Gasteiger partial charge is 0.305 e. The quantitative estimate of drug-likeness (QED) is 0.878. The van der Waals surface area contributed by atoms with Crippen LogP contribution >= 0.6 is 11.3 Å². The molecule has 0 saturated carbocycles. The summed E-state index contributed by atoms with van der Waals surface area (Å²) in [6.07, 6.45) is 5.22. The summed E-state index contributed by atoms with van der Waals surface area (Å²) in [5, 5.41) is 11.0. The summed E-state index contributed by atoms with van der Waals surface area (Å²) < 4.78 is 0. The topological polar surface area (TPSA) is 57.6 Å². The number of hydrogen-bond acceptors (Lipinski definition) is 3. The molecule has 1 N–H and O–H groups in total. The Hall–Kier alpha value is -1.36. The molecular weight excluding hydrogens is 274 g/mol. The molecule has 4 nitrogen and oxygen atoms in total. The van der Waals surface area contributed by atoms with E-state index < -0.39 is 5.97 Å². The van der Waals surface area contributed by atoms with Gasteiger partial charge >= 0.3 is 5.97 Å². The van der Waals surface area contributed by atoms with Crippen LogP contribution in [-0.4, -0.2) is 34.5 Å². The van der Waals surface area contributed by atoms with Crippen molar-refractivity contribution in [2.24, 2.45) is 0 Å². The van der Waals surface area contributed by atoms with Crippen LogP contribution in [0.2, 0.25) is 0 Å². The van der Waals surface area contributed by atoms with Gasteiger partial charge in [-0.1, -0.05) is 6.07 Å². The molecule has 0 aliphatic carbocycles. The zero-order valence-electron chi connectivity index (χ0n) is 11.6. The number of piperidine rings is 1. The van der Waals surface area contributed by atoms with Gasteiger partial charge in [-0.25, -0.2) is 0 Å². The van der Waals surface area contributed by atoms with E-state index in [4.69, 9.17) is 5.11 Å². The predicted molar refractivity (Wildman–Crippen MR) is 78.9 cm³/mol. The number of thiophene rings is 1. The summed E-state index contributed by atoms with van der Waals surface area (Å²) in [7, 11) is 0. The minimum absolute atomic E-state index is 0.0800. The van der Waals surface area contributed by atoms with Crippen molar-refractivity contribution >= 4 is 23.2 Å². The maximum atomic E-state index is 12.3. The highest BCUT2D eigenvalue weighted by molar-refractivity contribution is 7.09. The predicted octanol–water partition coefficient (Wildman–Crippen LogP) is 2.93. The molecule has 1 aliphatic heterocycles. The van der Waals surface area contributed by atoms with E-state index in [1.54, 1.807) is 16.2 Å². The van der Waals surface area contributed by atoms with E-state index in [9.17, 15) is 9.59 Å². The molecule has 2 heterocycles. The second-order valence-corrected chi connectivity index (χ2v) is 6.30. The number of aryl methyl sites for hydroxylation is 1. The fourth-order valence-corrected chi connectivity index (χ4v) is 3.51. The molecule has 1 saturated heterocycles. The summed E-state index contributed by atoms with van der Waals surface area (Å²) in [5.41, 5.74) is 0. The molecule has 2 rings (SSSR count). The van der Waals surface area contributed by atoms with E-state index in [2.05, 4.69) is 6.07 Å². The molecule has 110 valence electrons. The molecule has 1 amide bonds. The van der Waals surface area contributed by atoms with Crippen LogP contribution in [-0.2, 0) is 16.0 Å². The van der Waals surface area contributed by atoms with Gasteiger partial charge in [0.1, 0.15) is 0 Å². The molecule has 1 aromatic rings. The highest BCUT2D eigenvalue weighted by atomic mass is 32.1. The first-order chi connectivity index (χ1) is 9.66. The second kappa shape index (κ2) is 7.43. The third-order valence-corrected chi connectivity index (χ3v) is 4.69. The van der Waals surface area contributed by atoms with Crippen LogP contribution < -0.4 is 0 Å². The van der Waals surface area contributed by atoms with Crippen molar-refractivity contribution in [2.75, 3.05) is 6.54 Å². The number of hydrogen-bond donors (Lipinski definition) is 1. The summed E-state index contributed by atoms with van der Waals surface area (Å²) in [6.45, 7) is 0.718. The number of carboxylic acid groups (broad SMARTS) is 1. The Morgan fingerprint density at radius 1 is 1.40 bits per heavy atom. The maximum Gasteiger partial charge on any atom is 0.305 e. The van der Waals surface area contributed by atoms with Gasteiger partial charge in [-0.15, -0.1) is 11.3 Å². The molecule has 1 atom stereocenters. The average Bonchev–Trinajstić information content (AvgIpc) is 2.91. The van der Waals surface area contributed by atoms with Crippen LogP contribution in [0.4, 0.5) is 0 Å². The van der Waals surface area contributed by atoms with E-state index in [1.165, 1.54) is 4.88 Å². The van der Waals surface area contributed by atoms with E-state index in [-0.39, 0.29) is 18.4 Å². The van der Waals surface area contributed by atoms with E-state index in [0.717, 1.165) is 38.6 Å². The van der Waals surface area contributed by atoms with Gasteiger partial charge in [0.15, 0.2) is 0 Å². The normalized spacial score (nSPS) is 19.0. The van der Waals surface area contributed by atoms with Crippen molar-refractivity contribution in [2.45, 2.75) is 51.0 Å². The van der Waals surface area contributed by atoms with Crippen LogP contribution in [0.15, 0.2) is 17.5 Å². The van der Waals surface area contributed by atoms with Gasteiger partial charge in [0.2, 0.25) is 5.91 Å². The molecule has 1 aromatic heterocycles. The number of carboxylic acids is 1. The Balaban J connectivity index is 1.81. The highest BCUT2D eigenvalue weighted by Gasteiger charge is 2.27. The maximum absolute atomic E-state index is 12.3. The SMILES string of the molecule is O=C(O)CC1CCCCN1C(=O)CCCc1cccs1. The minimum Gasteiger partial charge on any atom is -0.481 e. The van der Waals surface area contributed by atoms with Gasteiger partial charge in [-0.2, -0.15) is 0 Å². The Labute approximate surface area is 123 Å². The fourth-order valence-electron chi connectivity index (χ4n) is 2.75. The molecule has 0 radical (unpaired) electrons. The molecule has 0 spiro atoms. The van der Waals surface area contributed by atoms with Gasteiger partial charge in [0.05, 0.1) is 6.42 Å². The number of nitrogens with zero attached hydrogens (tertiary/aromatic N) is 1. The highest BCUT2D eigenvalue weighted by Crippen LogP contribution is 2.21. The molecule has 1 fully saturated rings. The summed E-state index contributed by atoms with van der Waals surface area (Å²) in [6, 6.07) is 4.01. The van der Waals surface area contributed by atoms with Crippen molar-refractivity contribution in [1.29, 1.82) is 0 Å². The Morgan fingerprint density at radius 2 is 2.25 bits per heavy atom. The summed E-state index contributed by atoms with van der Waals surface area (Å²) in [4.78, 5) is 26.2. The van der Waals surface area contributed by atoms with Gasteiger partial charge in [0, 0.05) is 23.9 Å². The van der Waals surface area contributed by atoms with Crippen LogP contribution in [0.5, 0.6) is 0 Å². The van der Waals surface area contributed by atoms with Gasteiger partial charge in [-0.3, -0.25) is 9.59 Å². The zero-order valence-corrected chi connectivity index (χ0v) is 12.4. The van der Waals surface area contributed by atoms with E-state index in [1.807, 2.05) is 11.4 Å². The lowest BCUT2D eigenvalue weighted by molar-refractivity contribution is -0.141. The molecule has 0 bridgehead atoms. The van der Waals surface area contributed by atoms with Crippen molar-refractivity contribution in [1.82, 2.24) is 4.90 Å². The van der Waals surface area contributed by atoms with Gasteiger partial charge in [-0.05, 0) is 43.6 Å². The summed E-state index contributed by atoms with van der Waals surface area (Å²) in [5.74, 6) is -0.694. The zero-order chi connectivity index (χ0) is 14.4. The average molecular weight is 295 g/mol. The number of carbonyl (C=O) groups is 2. The monoisotopic (exact) mass is 295 g/mol. The van der Waals surface area contributed by atoms with Gasteiger partial charge < -0.3 is 10.0 Å².